The van der Waals surface area contributed by atoms with Gasteiger partial charge >= 0.3 is 0 Å². The Morgan fingerprint density at radius 2 is 0.767 bits per heavy atom. The first-order valence-corrected chi connectivity index (χ1v) is 14.9. The quantitative estimate of drug-likeness (QED) is 0.166. The molecule has 0 N–H and O–H groups in total. The van der Waals surface area contributed by atoms with E-state index in [9.17, 15) is 17.2 Å². The zero-order valence-corrected chi connectivity index (χ0v) is 23.5. The molecule has 6 aromatic carbocycles. The standard InChI is InChI=1S/C36H24F2O4S/c37-27-15-21-35(33(23-27)25-11-17-31(18-12-25)41-29-7-3-1-4-8-29)43(39,40)36-22-16-28(38)24-34(36)26-13-19-32(20-14-26)42-30-9-5-2-6-10-30/h1-24H. The molecule has 6 rings (SSSR count). The maximum atomic E-state index is 14.5. The molecule has 0 aliphatic heterocycles. The lowest BCUT2D eigenvalue weighted by Gasteiger charge is -2.15. The summed E-state index contributed by atoms with van der Waals surface area (Å²) in [5.74, 6) is 1.19. The lowest BCUT2D eigenvalue weighted by molar-refractivity contribution is 0.482. The van der Waals surface area contributed by atoms with Crippen LogP contribution in [0.2, 0.25) is 0 Å². The van der Waals surface area contributed by atoms with Gasteiger partial charge in [-0.1, -0.05) is 60.7 Å². The highest BCUT2D eigenvalue weighted by Gasteiger charge is 2.26. The van der Waals surface area contributed by atoms with Gasteiger partial charge in [-0.15, -0.1) is 0 Å². The molecule has 0 saturated heterocycles. The zero-order valence-electron chi connectivity index (χ0n) is 22.7. The van der Waals surface area contributed by atoms with Crippen molar-refractivity contribution in [1.82, 2.24) is 0 Å². The van der Waals surface area contributed by atoms with Crippen LogP contribution in [-0.2, 0) is 9.84 Å². The third-order valence-electron chi connectivity index (χ3n) is 6.75. The molecule has 0 amide bonds. The van der Waals surface area contributed by atoms with E-state index >= 15 is 0 Å². The number of benzene rings is 6. The Bertz CT molecular complexity index is 1840. The smallest absolute Gasteiger partial charge is 0.207 e. The summed E-state index contributed by atoms with van der Waals surface area (Å²) in [5, 5.41) is 0. The van der Waals surface area contributed by atoms with Gasteiger partial charge in [0.1, 0.15) is 34.6 Å². The van der Waals surface area contributed by atoms with Crippen LogP contribution in [0.4, 0.5) is 8.78 Å². The van der Waals surface area contributed by atoms with E-state index in [1.807, 2.05) is 60.7 Å². The summed E-state index contributed by atoms with van der Waals surface area (Å²) in [4.78, 5) is -0.218. The minimum Gasteiger partial charge on any atom is -0.457 e. The van der Waals surface area contributed by atoms with Crippen LogP contribution >= 0.6 is 0 Å². The average molecular weight is 591 g/mol. The van der Waals surface area contributed by atoms with Gasteiger partial charge in [-0.2, -0.15) is 0 Å². The Balaban J connectivity index is 1.36. The second-order valence-electron chi connectivity index (χ2n) is 9.66. The summed E-state index contributed by atoms with van der Waals surface area (Å²) in [5.41, 5.74) is 1.30. The highest BCUT2D eigenvalue weighted by atomic mass is 32.2. The molecule has 7 heteroatoms. The topological polar surface area (TPSA) is 52.6 Å². The maximum Gasteiger partial charge on any atom is 0.207 e. The van der Waals surface area contributed by atoms with Crippen molar-refractivity contribution in [1.29, 1.82) is 0 Å². The molecule has 6 aromatic rings. The van der Waals surface area contributed by atoms with Gasteiger partial charge in [0.2, 0.25) is 9.84 Å². The van der Waals surface area contributed by atoms with E-state index in [0.29, 0.717) is 34.1 Å². The normalized spacial score (nSPS) is 11.2. The van der Waals surface area contributed by atoms with Crippen LogP contribution in [0.1, 0.15) is 0 Å². The fraction of sp³-hybridized carbons (Fsp3) is 0. The van der Waals surface area contributed by atoms with Gasteiger partial charge in [-0.25, -0.2) is 17.2 Å². The second kappa shape index (κ2) is 11.9. The van der Waals surface area contributed by atoms with Crippen molar-refractivity contribution < 1.29 is 26.7 Å². The molecule has 0 unspecified atom stereocenters. The van der Waals surface area contributed by atoms with Crippen molar-refractivity contribution in [3.05, 3.63) is 157 Å². The van der Waals surface area contributed by atoms with Gasteiger partial charge in [-0.3, -0.25) is 0 Å². The lowest BCUT2D eigenvalue weighted by atomic mass is 10.1. The summed E-state index contributed by atoms with van der Waals surface area (Å²) in [6, 6.07) is 38.9. The Kier molecular flexibility index (Phi) is 7.73. The summed E-state index contributed by atoms with van der Waals surface area (Å²) in [7, 11) is -4.24. The van der Waals surface area contributed by atoms with Gasteiger partial charge < -0.3 is 9.47 Å². The van der Waals surface area contributed by atoms with Crippen molar-refractivity contribution in [3.63, 3.8) is 0 Å². The van der Waals surface area contributed by atoms with Crippen molar-refractivity contribution in [2.24, 2.45) is 0 Å². The molecule has 212 valence electrons. The molecule has 0 aromatic heterocycles. The van der Waals surface area contributed by atoms with Crippen molar-refractivity contribution in [3.8, 4) is 45.3 Å². The van der Waals surface area contributed by atoms with Gasteiger partial charge in [0.15, 0.2) is 0 Å². The van der Waals surface area contributed by atoms with Crippen molar-refractivity contribution >= 4 is 9.84 Å². The molecule has 0 spiro atoms. The van der Waals surface area contributed by atoms with Crippen LogP contribution in [0.3, 0.4) is 0 Å². The molecule has 4 nitrogen and oxygen atoms in total. The molecule has 0 aliphatic rings. The predicted molar refractivity (Wildman–Crippen MR) is 162 cm³/mol. The van der Waals surface area contributed by atoms with E-state index in [1.54, 1.807) is 48.5 Å². The van der Waals surface area contributed by atoms with Gasteiger partial charge in [-0.05, 0) is 96.1 Å². The van der Waals surface area contributed by atoms with Crippen molar-refractivity contribution in [2.75, 3.05) is 0 Å². The first-order valence-electron chi connectivity index (χ1n) is 13.4. The number of halogens is 2. The number of hydrogen-bond donors (Lipinski definition) is 0. The van der Waals surface area contributed by atoms with Crippen LogP contribution in [0.5, 0.6) is 23.0 Å². The second-order valence-corrected chi connectivity index (χ2v) is 11.5. The van der Waals surface area contributed by atoms with E-state index in [2.05, 4.69) is 0 Å². The van der Waals surface area contributed by atoms with Crippen LogP contribution in [-0.4, -0.2) is 8.42 Å². The van der Waals surface area contributed by atoms with Crippen LogP contribution < -0.4 is 9.47 Å². The van der Waals surface area contributed by atoms with Gasteiger partial charge in [0.25, 0.3) is 0 Å². The third kappa shape index (κ3) is 6.17. The zero-order chi connectivity index (χ0) is 29.8. The summed E-state index contributed by atoms with van der Waals surface area (Å²) >= 11 is 0. The highest BCUT2D eigenvalue weighted by molar-refractivity contribution is 7.91. The van der Waals surface area contributed by atoms with Crippen LogP contribution in [0.25, 0.3) is 22.3 Å². The molecule has 0 atom stereocenters. The monoisotopic (exact) mass is 590 g/mol. The van der Waals surface area contributed by atoms with Crippen LogP contribution in [0, 0.1) is 11.6 Å². The van der Waals surface area contributed by atoms with E-state index in [-0.39, 0.29) is 20.9 Å². The Labute approximate surface area is 248 Å². The maximum absolute atomic E-state index is 14.5. The first-order chi connectivity index (χ1) is 20.9. The van der Waals surface area contributed by atoms with Crippen LogP contribution in [0.15, 0.2) is 155 Å². The third-order valence-corrected chi connectivity index (χ3v) is 8.62. The van der Waals surface area contributed by atoms with Gasteiger partial charge in [0.05, 0.1) is 9.79 Å². The minimum absolute atomic E-state index is 0.109. The molecule has 0 bridgehead atoms. The molecule has 0 saturated carbocycles. The molecule has 0 fully saturated rings. The summed E-state index contributed by atoms with van der Waals surface area (Å²) in [6.07, 6.45) is 0. The summed E-state index contributed by atoms with van der Waals surface area (Å²) < 4.78 is 69.0. The minimum atomic E-state index is -4.24. The molecule has 43 heavy (non-hydrogen) atoms. The SMILES string of the molecule is O=S(=O)(c1ccc(F)cc1-c1ccc(Oc2ccccc2)cc1)c1ccc(F)cc1-c1ccc(Oc2ccccc2)cc1. The number of ether oxygens (including phenoxy) is 2. The summed E-state index contributed by atoms with van der Waals surface area (Å²) in [6.45, 7) is 0. The fourth-order valence-corrected chi connectivity index (χ4v) is 6.36. The van der Waals surface area contributed by atoms with E-state index < -0.39 is 21.5 Å². The number of sulfone groups is 1. The van der Waals surface area contributed by atoms with E-state index in [0.717, 1.165) is 12.1 Å². The Hall–Kier alpha value is -5.27. The van der Waals surface area contributed by atoms with E-state index in [4.69, 9.17) is 9.47 Å². The molecular weight excluding hydrogens is 566 g/mol. The number of rotatable bonds is 8. The number of hydrogen-bond acceptors (Lipinski definition) is 4. The lowest BCUT2D eigenvalue weighted by Crippen LogP contribution is -2.07. The fourth-order valence-electron chi connectivity index (χ4n) is 4.70. The van der Waals surface area contributed by atoms with Crippen molar-refractivity contribution in [2.45, 2.75) is 9.79 Å². The molecule has 0 aliphatic carbocycles. The van der Waals surface area contributed by atoms with Gasteiger partial charge in [0, 0.05) is 11.1 Å². The molecule has 0 radical (unpaired) electrons. The Morgan fingerprint density at radius 3 is 1.14 bits per heavy atom. The first kappa shape index (κ1) is 27.9. The number of para-hydroxylation sites is 2. The average Bonchev–Trinajstić information content (AvgIpc) is 3.02. The predicted octanol–water partition coefficient (Wildman–Crippen LogP) is 9.72. The largest absolute Gasteiger partial charge is 0.457 e. The molecule has 0 heterocycles. The Morgan fingerprint density at radius 1 is 0.419 bits per heavy atom. The highest BCUT2D eigenvalue weighted by Crippen LogP contribution is 2.38. The van der Waals surface area contributed by atoms with E-state index in [1.165, 1.54) is 24.3 Å². The molecular formula is C36H24F2O4S.